The number of hydrogen-bond donors (Lipinski definition) is 0. The van der Waals surface area contributed by atoms with Crippen molar-refractivity contribution in [3.05, 3.63) is 102 Å². The molecule has 0 unspecified atom stereocenters. The van der Waals surface area contributed by atoms with Gasteiger partial charge in [-0.2, -0.15) is 0 Å². The number of nitrogens with zero attached hydrogens (tertiary/aromatic N) is 1. The predicted molar refractivity (Wildman–Crippen MR) is 120 cm³/mol. The van der Waals surface area contributed by atoms with E-state index in [2.05, 4.69) is 97.7 Å². The monoisotopic (exact) mass is 375 g/mol. The maximum atomic E-state index is 6.09. The number of hydrogen-bond acceptors (Lipinski definition) is 2. The summed E-state index contributed by atoms with van der Waals surface area (Å²) >= 11 is 0. The molecule has 29 heavy (non-hydrogen) atoms. The minimum atomic E-state index is 0.808. The zero-order valence-corrected chi connectivity index (χ0v) is 16.5. The molecule has 0 aliphatic heterocycles. The molecule has 0 bridgehead atoms. The summed E-state index contributed by atoms with van der Waals surface area (Å²) in [5.74, 6) is 0.879. The van der Waals surface area contributed by atoms with Gasteiger partial charge < -0.3 is 4.42 Å². The Morgan fingerprint density at radius 1 is 0.621 bits per heavy atom. The van der Waals surface area contributed by atoms with Crippen LogP contribution in [0.3, 0.4) is 0 Å². The van der Waals surface area contributed by atoms with Crippen LogP contribution in [-0.4, -0.2) is 4.98 Å². The van der Waals surface area contributed by atoms with Crippen LogP contribution in [0.25, 0.3) is 44.7 Å². The van der Waals surface area contributed by atoms with Gasteiger partial charge in [-0.05, 0) is 55.3 Å². The average Bonchev–Trinajstić information content (AvgIpc) is 3.17. The molecule has 0 N–H and O–H groups in total. The fraction of sp³-hybridized carbons (Fsp3) is 0.0741. The average molecular weight is 375 g/mol. The van der Waals surface area contributed by atoms with E-state index in [0.717, 1.165) is 33.6 Å². The van der Waals surface area contributed by atoms with E-state index in [9.17, 15) is 0 Å². The van der Waals surface area contributed by atoms with Crippen molar-refractivity contribution >= 4 is 11.0 Å². The lowest BCUT2D eigenvalue weighted by atomic mass is 10.0. The van der Waals surface area contributed by atoms with E-state index >= 15 is 0 Å². The zero-order chi connectivity index (χ0) is 19.8. The van der Waals surface area contributed by atoms with Crippen LogP contribution in [0.15, 0.2) is 95.5 Å². The second-order valence-electron chi connectivity index (χ2n) is 7.54. The third-order valence-corrected chi connectivity index (χ3v) is 5.18. The lowest BCUT2D eigenvalue weighted by molar-refractivity contribution is 0.630. The minimum Gasteiger partial charge on any atom is -0.454 e. The van der Waals surface area contributed by atoms with Gasteiger partial charge in [0.1, 0.15) is 5.76 Å². The molecule has 3 aromatic carbocycles. The third kappa shape index (κ3) is 3.45. The van der Waals surface area contributed by atoms with Crippen LogP contribution >= 0.6 is 0 Å². The number of benzene rings is 3. The zero-order valence-electron chi connectivity index (χ0n) is 16.5. The van der Waals surface area contributed by atoms with E-state index < -0.39 is 0 Å². The lowest BCUT2D eigenvalue weighted by Crippen LogP contribution is -1.84. The van der Waals surface area contributed by atoms with E-state index in [0.29, 0.717) is 0 Å². The number of fused-ring (bicyclic) bond motifs is 1. The van der Waals surface area contributed by atoms with E-state index in [1.807, 2.05) is 12.3 Å². The van der Waals surface area contributed by atoms with Gasteiger partial charge in [-0.1, -0.05) is 65.7 Å². The first-order chi connectivity index (χ1) is 14.2. The quantitative estimate of drug-likeness (QED) is 0.327. The molecule has 0 fully saturated rings. The van der Waals surface area contributed by atoms with Crippen LogP contribution in [0.5, 0.6) is 0 Å². The third-order valence-electron chi connectivity index (χ3n) is 5.18. The molecule has 2 heterocycles. The molecule has 0 atom stereocenters. The van der Waals surface area contributed by atoms with Crippen molar-refractivity contribution < 1.29 is 4.42 Å². The molecule has 5 rings (SSSR count). The number of aryl methyl sites for hydroxylation is 2. The van der Waals surface area contributed by atoms with Gasteiger partial charge in [0.2, 0.25) is 0 Å². The first kappa shape index (κ1) is 17.4. The summed E-state index contributed by atoms with van der Waals surface area (Å²) in [5, 5.41) is 1.06. The Morgan fingerprint density at radius 2 is 1.34 bits per heavy atom. The Bertz CT molecular complexity index is 1290. The van der Waals surface area contributed by atoms with Gasteiger partial charge in [0, 0.05) is 16.5 Å². The van der Waals surface area contributed by atoms with Crippen LogP contribution < -0.4 is 0 Å². The lowest BCUT2D eigenvalue weighted by Gasteiger charge is -2.05. The molecule has 0 saturated heterocycles. The molecule has 0 aliphatic rings. The van der Waals surface area contributed by atoms with Crippen molar-refractivity contribution in [3.63, 3.8) is 0 Å². The van der Waals surface area contributed by atoms with Crippen LogP contribution in [0.2, 0.25) is 0 Å². The van der Waals surface area contributed by atoms with Crippen molar-refractivity contribution in [2.75, 3.05) is 0 Å². The second kappa shape index (κ2) is 7.06. The van der Waals surface area contributed by atoms with Crippen molar-refractivity contribution in [3.8, 4) is 33.7 Å². The molecule has 0 aliphatic carbocycles. The first-order valence-electron chi connectivity index (χ1n) is 9.80. The second-order valence-corrected chi connectivity index (χ2v) is 7.54. The maximum Gasteiger partial charge on any atom is 0.153 e. The normalized spacial score (nSPS) is 11.1. The minimum absolute atomic E-state index is 0.808. The summed E-state index contributed by atoms with van der Waals surface area (Å²) in [6.45, 7) is 4.22. The first-order valence-corrected chi connectivity index (χ1v) is 9.80. The number of furan rings is 1. The molecule has 0 saturated carbocycles. The molecule has 2 nitrogen and oxygen atoms in total. The molecule has 5 aromatic rings. The number of pyridine rings is 1. The van der Waals surface area contributed by atoms with E-state index in [4.69, 9.17) is 4.42 Å². The van der Waals surface area contributed by atoms with Gasteiger partial charge in [-0.25, -0.2) is 0 Å². The molecular weight excluding hydrogens is 354 g/mol. The number of rotatable bonds is 3. The summed E-state index contributed by atoms with van der Waals surface area (Å²) < 4.78 is 6.09. The highest BCUT2D eigenvalue weighted by Gasteiger charge is 2.10. The summed E-state index contributed by atoms with van der Waals surface area (Å²) in [4.78, 5) is 4.66. The van der Waals surface area contributed by atoms with Crippen LogP contribution in [-0.2, 0) is 0 Å². The SMILES string of the molecule is Cc1cc(C)cc(-c2cc3cc(-c4cccc(-c5ccccc5)c4)ncc3o2)c1. The van der Waals surface area contributed by atoms with Gasteiger partial charge in [0.25, 0.3) is 0 Å². The van der Waals surface area contributed by atoms with Crippen molar-refractivity contribution in [1.82, 2.24) is 4.98 Å². The summed E-state index contributed by atoms with van der Waals surface area (Å²) in [7, 11) is 0. The van der Waals surface area contributed by atoms with Crippen LogP contribution in [0.4, 0.5) is 0 Å². The largest absolute Gasteiger partial charge is 0.454 e. The highest BCUT2D eigenvalue weighted by molar-refractivity contribution is 5.86. The molecule has 0 radical (unpaired) electrons. The molecule has 0 amide bonds. The van der Waals surface area contributed by atoms with Crippen LogP contribution in [0.1, 0.15) is 11.1 Å². The summed E-state index contributed by atoms with van der Waals surface area (Å²) in [6, 6.07) is 29.6. The van der Waals surface area contributed by atoms with E-state index in [1.165, 1.54) is 22.3 Å². The fourth-order valence-electron chi connectivity index (χ4n) is 3.85. The Kier molecular flexibility index (Phi) is 4.25. The van der Waals surface area contributed by atoms with Crippen LogP contribution in [0, 0.1) is 13.8 Å². The summed E-state index contributed by atoms with van der Waals surface area (Å²) in [5.41, 5.74) is 8.82. The van der Waals surface area contributed by atoms with Crippen molar-refractivity contribution in [1.29, 1.82) is 0 Å². The van der Waals surface area contributed by atoms with Gasteiger partial charge >= 0.3 is 0 Å². The number of aromatic nitrogens is 1. The van der Waals surface area contributed by atoms with Gasteiger partial charge in [-0.15, -0.1) is 0 Å². The Hall–Kier alpha value is -3.65. The van der Waals surface area contributed by atoms with E-state index in [-0.39, 0.29) is 0 Å². The molecule has 0 spiro atoms. The maximum absolute atomic E-state index is 6.09. The summed E-state index contributed by atoms with van der Waals surface area (Å²) in [6.07, 6.45) is 1.83. The predicted octanol–water partition coefficient (Wildman–Crippen LogP) is 7.45. The Labute approximate surface area is 170 Å². The molecule has 2 aromatic heterocycles. The van der Waals surface area contributed by atoms with Gasteiger partial charge in [0.15, 0.2) is 5.58 Å². The van der Waals surface area contributed by atoms with Crippen molar-refractivity contribution in [2.24, 2.45) is 0 Å². The Balaban J connectivity index is 1.55. The smallest absolute Gasteiger partial charge is 0.153 e. The van der Waals surface area contributed by atoms with Crippen molar-refractivity contribution in [2.45, 2.75) is 13.8 Å². The highest BCUT2D eigenvalue weighted by atomic mass is 16.3. The standard InChI is InChI=1S/C27H21NO/c1-18-11-19(2)13-23(12-18)26-16-24-15-25(28-17-27(24)29-26)22-10-6-9-21(14-22)20-7-4-3-5-8-20/h3-17H,1-2H3. The molecule has 2 heteroatoms. The van der Waals surface area contributed by atoms with Gasteiger partial charge in [-0.3, -0.25) is 4.98 Å². The van der Waals surface area contributed by atoms with Gasteiger partial charge in [0.05, 0.1) is 11.9 Å². The fourth-order valence-corrected chi connectivity index (χ4v) is 3.85. The Morgan fingerprint density at radius 3 is 2.14 bits per heavy atom. The molecule has 140 valence electrons. The highest BCUT2D eigenvalue weighted by Crippen LogP contribution is 2.32. The molecular formula is C27H21NO. The van der Waals surface area contributed by atoms with E-state index in [1.54, 1.807) is 0 Å². The topological polar surface area (TPSA) is 26.0 Å².